The molecule has 13 nitrogen and oxygen atoms in total. The fourth-order valence-electron chi connectivity index (χ4n) is 3.73. The lowest BCUT2D eigenvalue weighted by atomic mass is 10.1. The average molecular weight is 467 g/mol. The van der Waals surface area contributed by atoms with Crippen LogP contribution in [0.3, 0.4) is 0 Å². The first-order chi connectivity index (χ1) is 16.4. The number of nitrogens with zero attached hydrogens (tertiary/aromatic N) is 8. The zero-order valence-electron chi connectivity index (χ0n) is 18.8. The third-order valence-corrected chi connectivity index (χ3v) is 5.40. The second-order valence-electron chi connectivity index (χ2n) is 8.09. The summed E-state index contributed by atoms with van der Waals surface area (Å²) in [5.41, 5.74) is 7.41. The summed E-state index contributed by atoms with van der Waals surface area (Å²) in [6.07, 6.45) is 3.58. The zero-order valence-corrected chi connectivity index (χ0v) is 18.8. The molecule has 4 rings (SSSR count). The molecule has 0 aliphatic carbocycles. The van der Waals surface area contributed by atoms with Crippen molar-refractivity contribution in [2.75, 3.05) is 26.2 Å². The van der Waals surface area contributed by atoms with Crippen molar-refractivity contribution in [3.05, 3.63) is 30.6 Å². The molecule has 13 heteroatoms. The van der Waals surface area contributed by atoms with Crippen molar-refractivity contribution < 1.29 is 14.4 Å². The maximum absolute atomic E-state index is 13.2. The zero-order chi connectivity index (χ0) is 24.1. The highest BCUT2D eigenvalue weighted by Gasteiger charge is 2.28. The Morgan fingerprint density at radius 3 is 2.38 bits per heavy atom. The smallest absolute Gasteiger partial charge is 0.247 e. The number of carbonyl (C=O) groups is 3. The van der Waals surface area contributed by atoms with E-state index >= 15 is 0 Å². The summed E-state index contributed by atoms with van der Waals surface area (Å²) in [5.74, 6) is -0.635. The van der Waals surface area contributed by atoms with Gasteiger partial charge >= 0.3 is 0 Å². The highest BCUT2D eigenvalue weighted by molar-refractivity contribution is 5.82. The first-order valence-corrected chi connectivity index (χ1v) is 11.0. The first kappa shape index (κ1) is 23.2. The van der Waals surface area contributed by atoms with Gasteiger partial charge in [-0.3, -0.25) is 14.4 Å². The van der Waals surface area contributed by atoms with Crippen LogP contribution in [0.2, 0.25) is 0 Å². The first-order valence-electron chi connectivity index (χ1n) is 11.0. The number of piperazine rings is 1. The van der Waals surface area contributed by atoms with Crippen LogP contribution in [0.1, 0.15) is 25.8 Å². The highest BCUT2D eigenvalue weighted by atomic mass is 16.2. The number of carbonyl (C=O) groups excluding carboxylic acids is 3. The van der Waals surface area contributed by atoms with Gasteiger partial charge in [0, 0.05) is 32.6 Å². The van der Waals surface area contributed by atoms with Gasteiger partial charge in [0.15, 0.2) is 5.78 Å². The number of rotatable bonds is 9. The molecule has 178 valence electrons. The van der Waals surface area contributed by atoms with Crippen LogP contribution in [-0.2, 0) is 20.9 Å². The van der Waals surface area contributed by atoms with Gasteiger partial charge in [-0.15, -0.1) is 10.2 Å². The van der Waals surface area contributed by atoms with E-state index in [1.807, 2.05) is 0 Å². The molecule has 0 radical (unpaired) electrons. The van der Waals surface area contributed by atoms with Crippen LogP contribution in [0.5, 0.6) is 0 Å². The lowest BCUT2D eigenvalue weighted by molar-refractivity contribution is -0.136. The Morgan fingerprint density at radius 2 is 1.71 bits per heavy atom. The van der Waals surface area contributed by atoms with Gasteiger partial charge in [-0.25, -0.2) is 14.3 Å². The maximum Gasteiger partial charge on any atom is 0.247 e. The van der Waals surface area contributed by atoms with E-state index in [1.54, 1.807) is 35.5 Å². The Kier molecular flexibility index (Phi) is 7.01. The largest absolute Gasteiger partial charge is 0.370 e. The molecule has 1 aliphatic rings. The molecule has 0 aromatic carbocycles. The number of aromatic nitrogens is 7. The minimum Gasteiger partial charge on any atom is -0.370 e. The van der Waals surface area contributed by atoms with Gasteiger partial charge in [-0.1, -0.05) is 16.5 Å². The molecule has 3 aromatic heterocycles. The van der Waals surface area contributed by atoms with Crippen molar-refractivity contribution >= 4 is 17.6 Å². The van der Waals surface area contributed by atoms with E-state index in [1.165, 1.54) is 16.3 Å². The van der Waals surface area contributed by atoms with Crippen molar-refractivity contribution in [3.8, 4) is 22.8 Å². The Bertz CT molecular complexity index is 1180. The number of hydrogen-bond acceptors (Lipinski definition) is 9. The van der Waals surface area contributed by atoms with Gasteiger partial charge in [-0.05, 0) is 25.5 Å². The van der Waals surface area contributed by atoms with E-state index < -0.39 is 11.9 Å². The number of amides is 2. The van der Waals surface area contributed by atoms with Gasteiger partial charge in [0.25, 0.3) is 0 Å². The molecule has 0 bridgehead atoms. The van der Waals surface area contributed by atoms with E-state index in [4.69, 9.17) is 5.73 Å². The topological polar surface area (TPSA) is 167 Å². The van der Waals surface area contributed by atoms with E-state index in [9.17, 15) is 14.4 Å². The lowest BCUT2D eigenvalue weighted by Gasteiger charge is -2.30. The quantitative estimate of drug-likeness (QED) is 0.419. The van der Waals surface area contributed by atoms with Crippen molar-refractivity contribution in [1.82, 2.24) is 45.2 Å². The van der Waals surface area contributed by atoms with Crippen LogP contribution in [-0.4, -0.2) is 83.6 Å². The summed E-state index contributed by atoms with van der Waals surface area (Å²) in [6, 6.07) is 4.66. The van der Waals surface area contributed by atoms with Gasteiger partial charge in [0.05, 0.1) is 23.8 Å². The Morgan fingerprint density at radius 1 is 1.03 bits per heavy atom. The van der Waals surface area contributed by atoms with Crippen LogP contribution in [0.4, 0.5) is 0 Å². The van der Waals surface area contributed by atoms with E-state index in [-0.39, 0.29) is 31.1 Å². The Balaban J connectivity index is 1.57. The maximum atomic E-state index is 13.2. The summed E-state index contributed by atoms with van der Waals surface area (Å²) < 4.78 is 2.92. The SMILES string of the molecule is CC(=O)Cn1cc(-c2cccc(-c3cn([C@@H](CCC(N)=O)C(=O)N4CCNCC4)nn3)n2)nn1. The monoisotopic (exact) mass is 466 g/mol. The Hall–Kier alpha value is -4.00. The number of hydrogen-bond donors (Lipinski definition) is 2. The van der Waals surface area contributed by atoms with Crippen LogP contribution in [0.15, 0.2) is 30.6 Å². The molecule has 1 aliphatic heterocycles. The molecule has 1 atom stereocenters. The standard InChI is InChI=1S/C21H26N10O3/c1-14(32)11-30-12-17(25-27-30)15-3-2-4-16(24-15)18-13-31(28-26-18)19(5-6-20(22)33)21(34)29-9-7-23-8-10-29/h2-4,12-13,19,23H,5-11H2,1H3,(H2,22,33)/t19-/m0/s1. The summed E-state index contributed by atoms with van der Waals surface area (Å²) in [6.45, 7) is 4.21. The van der Waals surface area contributed by atoms with Gasteiger partial charge in [-0.2, -0.15) is 0 Å². The van der Waals surface area contributed by atoms with Crippen molar-refractivity contribution in [1.29, 1.82) is 0 Å². The lowest BCUT2D eigenvalue weighted by Crippen LogP contribution is -2.49. The number of nitrogens with two attached hydrogens (primary N) is 1. The van der Waals surface area contributed by atoms with Crippen molar-refractivity contribution in [3.63, 3.8) is 0 Å². The van der Waals surface area contributed by atoms with Crippen LogP contribution < -0.4 is 11.1 Å². The molecule has 0 unspecified atom stereocenters. The third kappa shape index (κ3) is 5.49. The van der Waals surface area contributed by atoms with Crippen LogP contribution in [0, 0.1) is 0 Å². The molecular formula is C21H26N10O3. The predicted octanol–water partition coefficient (Wildman–Crippen LogP) is -0.574. The van der Waals surface area contributed by atoms with E-state index in [2.05, 4.69) is 30.9 Å². The fourth-order valence-corrected chi connectivity index (χ4v) is 3.73. The molecule has 3 N–H and O–H groups in total. The molecule has 4 heterocycles. The molecular weight excluding hydrogens is 440 g/mol. The molecule has 0 spiro atoms. The van der Waals surface area contributed by atoms with Gasteiger partial charge in [0.1, 0.15) is 24.0 Å². The number of primary amides is 1. The average Bonchev–Trinajstić information content (AvgIpc) is 3.49. The summed E-state index contributed by atoms with van der Waals surface area (Å²) in [5, 5.41) is 19.6. The predicted molar refractivity (Wildman–Crippen MR) is 120 cm³/mol. The second-order valence-corrected chi connectivity index (χ2v) is 8.09. The second kappa shape index (κ2) is 10.3. The fraction of sp³-hybridized carbons (Fsp3) is 0.429. The molecule has 3 aromatic rings. The molecule has 2 amide bonds. The van der Waals surface area contributed by atoms with Crippen molar-refractivity contribution in [2.24, 2.45) is 5.73 Å². The molecule has 0 saturated carbocycles. The molecule has 1 fully saturated rings. The number of ketones is 1. The minimum atomic E-state index is -0.693. The molecule has 34 heavy (non-hydrogen) atoms. The number of Topliss-reactive ketones (excluding diaryl/α,β-unsaturated/α-hetero) is 1. The van der Waals surface area contributed by atoms with Gasteiger partial charge in [0.2, 0.25) is 11.8 Å². The summed E-state index contributed by atoms with van der Waals surface area (Å²) >= 11 is 0. The minimum absolute atomic E-state index is 0.0315. The van der Waals surface area contributed by atoms with Crippen LogP contribution in [0.25, 0.3) is 22.8 Å². The number of pyridine rings is 1. The molecule has 1 saturated heterocycles. The van der Waals surface area contributed by atoms with Crippen LogP contribution >= 0.6 is 0 Å². The summed E-state index contributed by atoms with van der Waals surface area (Å²) in [4.78, 5) is 42.2. The normalized spacial score (nSPS) is 14.7. The Labute approximate surface area is 195 Å². The number of nitrogens with one attached hydrogen (secondary N) is 1. The van der Waals surface area contributed by atoms with E-state index in [0.717, 1.165) is 0 Å². The van der Waals surface area contributed by atoms with E-state index in [0.29, 0.717) is 49.0 Å². The highest BCUT2D eigenvalue weighted by Crippen LogP contribution is 2.23. The van der Waals surface area contributed by atoms with Gasteiger partial charge < -0.3 is 16.0 Å². The summed E-state index contributed by atoms with van der Waals surface area (Å²) in [7, 11) is 0. The van der Waals surface area contributed by atoms with Crippen molar-refractivity contribution in [2.45, 2.75) is 32.4 Å². The third-order valence-electron chi connectivity index (χ3n) is 5.40.